The summed E-state index contributed by atoms with van der Waals surface area (Å²) in [6.45, 7) is 4.46. The highest BCUT2D eigenvalue weighted by Gasteiger charge is 1.82. The van der Waals surface area contributed by atoms with Crippen LogP contribution in [0.3, 0.4) is 0 Å². The van der Waals surface area contributed by atoms with Crippen LogP contribution in [0.5, 0.6) is 0 Å². The molecule has 2 heteroatoms. The second kappa shape index (κ2) is 9.46. The molecule has 1 aromatic heterocycles. The van der Waals surface area contributed by atoms with Gasteiger partial charge in [0.25, 0.3) is 0 Å². The molecule has 0 radical (unpaired) electrons. The summed E-state index contributed by atoms with van der Waals surface area (Å²) in [7, 11) is 0. The molecule has 1 nitrogen and oxygen atoms in total. The zero-order valence-corrected chi connectivity index (χ0v) is 9.27. The van der Waals surface area contributed by atoms with Crippen molar-refractivity contribution in [1.29, 1.82) is 0 Å². The largest absolute Gasteiger partial charge is 0.297 e. The number of carbonyl (C=O) groups excluding carboxylic acids is 1. The van der Waals surface area contributed by atoms with Gasteiger partial charge in [-0.15, -0.1) is 11.3 Å². The van der Waals surface area contributed by atoms with Crippen molar-refractivity contribution in [1.82, 2.24) is 0 Å². The van der Waals surface area contributed by atoms with E-state index in [1.807, 2.05) is 11.4 Å². The van der Waals surface area contributed by atoms with Gasteiger partial charge in [0.05, 0.1) is 4.88 Å². The quantitative estimate of drug-likeness (QED) is 0.524. The third-order valence-electron chi connectivity index (χ3n) is 1.62. The molecule has 0 aromatic carbocycles. The summed E-state index contributed by atoms with van der Waals surface area (Å²) in [6.07, 6.45) is 6.39. The van der Waals surface area contributed by atoms with Gasteiger partial charge < -0.3 is 0 Å². The standard InChI is InChI=1S/C6H14.C5H4OS/c1-3-5-6-4-2;6-4-5-2-1-3-7-5/h3-6H2,1-2H3;1-4H. The van der Waals surface area contributed by atoms with E-state index in [0.29, 0.717) is 0 Å². The molecule has 0 fully saturated rings. The molecule has 74 valence electrons. The van der Waals surface area contributed by atoms with E-state index in [1.54, 1.807) is 6.07 Å². The van der Waals surface area contributed by atoms with E-state index in [9.17, 15) is 4.79 Å². The number of carbonyl (C=O) groups is 1. The van der Waals surface area contributed by atoms with E-state index >= 15 is 0 Å². The third kappa shape index (κ3) is 7.72. The molecule has 0 spiro atoms. The van der Waals surface area contributed by atoms with Crippen molar-refractivity contribution in [2.75, 3.05) is 0 Å². The predicted octanol–water partition coefficient (Wildman–Crippen LogP) is 4.15. The summed E-state index contributed by atoms with van der Waals surface area (Å²) in [4.78, 5) is 10.7. The second-order valence-electron chi connectivity index (χ2n) is 2.84. The van der Waals surface area contributed by atoms with Gasteiger partial charge in [0.2, 0.25) is 0 Å². The lowest BCUT2D eigenvalue weighted by molar-refractivity contribution is 0.112. The monoisotopic (exact) mass is 198 g/mol. The molecule has 1 rings (SSSR count). The molecule has 0 saturated heterocycles. The summed E-state index contributed by atoms with van der Waals surface area (Å²) in [5.41, 5.74) is 0. The van der Waals surface area contributed by atoms with Crippen molar-refractivity contribution in [3.63, 3.8) is 0 Å². The smallest absolute Gasteiger partial charge is 0.159 e. The fourth-order valence-electron chi connectivity index (χ4n) is 0.858. The number of unbranched alkanes of at least 4 members (excludes halogenated alkanes) is 3. The molecule has 0 aliphatic carbocycles. The van der Waals surface area contributed by atoms with Gasteiger partial charge in [-0.2, -0.15) is 0 Å². The highest BCUT2D eigenvalue weighted by Crippen LogP contribution is 2.03. The summed E-state index contributed by atoms with van der Waals surface area (Å²) >= 11 is 1.45. The maximum atomic E-state index is 9.88. The Morgan fingerprint density at radius 2 is 1.92 bits per heavy atom. The molecule has 0 aliphatic rings. The SMILES string of the molecule is CCCCCC.O=Cc1cccs1. The lowest BCUT2D eigenvalue weighted by Crippen LogP contribution is -1.66. The summed E-state index contributed by atoms with van der Waals surface area (Å²) in [5.74, 6) is 0. The minimum Gasteiger partial charge on any atom is -0.297 e. The molecule has 0 bridgehead atoms. The van der Waals surface area contributed by atoms with Gasteiger partial charge in [0, 0.05) is 0 Å². The molecule has 13 heavy (non-hydrogen) atoms. The molecule has 0 amide bonds. The Kier molecular flexibility index (Phi) is 9.00. The number of rotatable bonds is 4. The summed E-state index contributed by atoms with van der Waals surface area (Å²) in [5, 5.41) is 1.88. The first-order valence-electron chi connectivity index (χ1n) is 4.83. The first kappa shape index (κ1) is 12.4. The van der Waals surface area contributed by atoms with Gasteiger partial charge in [-0.1, -0.05) is 45.6 Å². The normalized spacial score (nSPS) is 8.77. The molecule has 1 aromatic rings. The maximum Gasteiger partial charge on any atom is 0.159 e. The Balaban J connectivity index is 0.000000226. The van der Waals surface area contributed by atoms with Crippen LogP contribution in [0.4, 0.5) is 0 Å². The lowest BCUT2D eigenvalue weighted by Gasteiger charge is -1.86. The zero-order valence-electron chi connectivity index (χ0n) is 8.45. The molecule has 0 aliphatic heterocycles. The van der Waals surface area contributed by atoms with E-state index in [1.165, 1.54) is 37.0 Å². The highest BCUT2D eigenvalue weighted by molar-refractivity contribution is 7.11. The Labute approximate surface area is 84.8 Å². The van der Waals surface area contributed by atoms with Crippen LogP contribution in [-0.4, -0.2) is 6.29 Å². The fraction of sp³-hybridized carbons (Fsp3) is 0.545. The first-order chi connectivity index (χ1) is 6.35. The van der Waals surface area contributed by atoms with Gasteiger partial charge in [-0.25, -0.2) is 0 Å². The average molecular weight is 198 g/mol. The molecule has 0 saturated carbocycles. The van der Waals surface area contributed by atoms with Gasteiger partial charge >= 0.3 is 0 Å². The lowest BCUT2D eigenvalue weighted by atomic mass is 10.2. The topological polar surface area (TPSA) is 17.1 Å². The minimum absolute atomic E-state index is 0.792. The average Bonchev–Trinajstić information content (AvgIpc) is 2.68. The number of hydrogen-bond donors (Lipinski definition) is 0. The number of hydrogen-bond acceptors (Lipinski definition) is 2. The van der Waals surface area contributed by atoms with E-state index in [2.05, 4.69) is 13.8 Å². The van der Waals surface area contributed by atoms with Crippen molar-refractivity contribution in [2.45, 2.75) is 39.5 Å². The van der Waals surface area contributed by atoms with Crippen LogP contribution < -0.4 is 0 Å². The molecule has 0 atom stereocenters. The van der Waals surface area contributed by atoms with Crippen molar-refractivity contribution in [2.24, 2.45) is 0 Å². The van der Waals surface area contributed by atoms with Crippen molar-refractivity contribution in [3.05, 3.63) is 22.4 Å². The van der Waals surface area contributed by atoms with Gasteiger partial charge in [-0.05, 0) is 11.4 Å². The maximum absolute atomic E-state index is 9.88. The Hall–Kier alpha value is -0.630. The Bertz CT molecular complexity index is 188. The van der Waals surface area contributed by atoms with Crippen LogP contribution in [0.25, 0.3) is 0 Å². The van der Waals surface area contributed by atoms with Crippen LogP contribution in [0.2, 0.25) is 0 Å². The minimum atomic E-state index is 0.792. The number of thiophene rings is 1. The van der Waals surface area contributed by atoms with Crippen molar-refractivity contribution < 1.29 is 4.79 Å². The third-order valence-corrected chi connectivity index (χ3v) is 2.41. The Morgan fingerprint density at radius 3 is 2.15 bits per heavy atom. The van der Waals surface area contributed by atoms with E-state index in [-0.39, 0.29) is 0 Å². The Morgan fingerprint density at radius 1 is 1.31 bits per heavy atom. The second-order valence-corrected chi connectivity index (χ2v) is 3.82. The molecular formula is C11H18OS. The molecular weight excluding hydrogens is 180 g/mol. The van der Waals surface area contributed by atoms with Crippen LogP contribution in [0.15, 0.2) is 17.5 Å². The fourth-order valence-corrected chi connectivity index (χ4v) is 1.39. The van der Waals surface area contributed by atoms with Crippen molar-refractivity contribution >= 4 is 17.6 Å². The van der Waals surface area contributed by atoms with Crippen LogP contribution in [0, 0.1) is 0 Å². The molecule has 0 N–H and O–H groups in total. The van der Waals surface area contributed by atoms with Crippen LogP contribution in [-0.2, 0) is 0 Å². The van der Waals surface area contributed by atoms with E-state index in [0.717, 1.165) is 11.2 Å². The van der Waals surface area contributed by atoms with Gasteiger partial charge in [0.1, 0.15) is 0 Å². The predicted molar refractivity (Wildman–Crippen MR) is 59.5 cm³/mol. The van der Waals surface area contributed by atoms with Gasteiger partial charge in [0.15, 0.2) is 6.29 Å². The highest BCUT2D eigenvalue weighted by atomic mass is 32.1. The van der Waals surface area contributed by atoms with E-state index < -0.39 is 0 Å². The summed E-state index contributed by atoms with van der Waals surface area (Å²) < 4.78 is 0. The summed E-state index contributed by atoms with van der Waals surface area (Å²) in [6, 6.07) is 3.64. The van der Waals surface area contributed by atoms with E-state index in [4.69, 9.17) is 0 Å². The zero-order chi connectivity index (χ0) is 9.94. The van der Waals surface area contributed by atoms with Crippen LogP contribution >= 0.6 is 11.3 Å². The molecule has 1 heterocycles. The number of aldehydes is 1. The molecule has 0 unspecified atom stereocenters. The van der Waals surface area contributed by atoms with Crippen molar-refractivity contribution in [3.8, 4) is 0 Å². The van der Waals surface area contributed by atoms with Crippen LogP contribution in [0.1, 0.15) is 49.2 Å². The first-order valence-corrected chi connectivity index (χ1v) is 5.71. The van der Waals surface area contributed by atoms with Gasteiger partial charge in [-0.3, -0.25) is 4.79 Å².